The highest BCUT2D eigenvalue weighted by Gasteiger charge is 2.16. The van der Waals surface area contributed by atoms with Gasteiger partial charge in [-0.1, -0.05) is 29.8 Å². The molecule has 1 amide bonds. The summed E-state index contributed by atoms with van der Waals surface area (Å²) in [7, 11) is -3.50. The number of aryl methyl sites for hydroxylation is 1. The summed E-state index contributed by atoms with van der Waals surface area (Å²) in [6, 6.07) is 14.4. The van der Waals surface area contributed by atoms with Crippen LogP contribution in [0.15, 0.2) is 53.4 Å². The summed E-state index contributed by atoms with van der Waals surface area (Å²) in [6.45, 7) is 6.32. The van der Waals surface area contributed by atoms with Crippen molar-refractivity contribution in [3.05, 3.63) is 59.7 Å². The first-order chi connectivity index (χ1) is 12.8. The Morgan fingerprint density at radius 1 is 1.11 bits per heavy atom. The van der Waals surface area contributed by atoms with E-state index in [2.05, 4.69) is 11.4 Å². The van der Waals surface area contributed by atoms with Crippen LogP contribution in [0.2, 0.25) is 0 Å². The Balaban J connectivity index is 1.80. The van der Waals surface area contributed by atoms with E-state index in [0.29, 0.717) is 12.3 Å². The van der Waals surface area contributed by atoms with Crippen LogP contribution in [0.3, 0.4) is 0 Å². The highest BCUT2D eigenvalue weighted by Crippen LogP contribution is 2.18. The molecule has 2 rings (SSSR count). The third kappa shape index (κ3) is 7.06. The molecule has 0 unspecified atom stereocenters. The fourth-order valence-electron chi connectivity index (χ4n) is 2.64. The van der Waals surface area contributed by atoms with Crippen molar-refractivity contribution in [2.24, 2.45) is 0 Å². The van der Waals surface area contributed by atoms with E-state index >= 15 is 0 Å². The zero-order valence-corrected chi connectivity index (χ0v) is 16.9. The van der Waals surface area contributed by atoms with Gasteiger partial charge < -0.3 is 10.1 Å². The Labute approximate surface area is 161 Å². The predicted octanol–water partition coefficient (Wildman–Crippen LogP) is 3.30. The van der Waals surface area contributed by atoms with E-state index in [-0.39, 0.29) is 29.1 Å². The van der Waals surface area contributed by atoms with Gasteiger partial charge in [-0.15, -0.1) is 0 Å². The second-order valence-electron chi connectivity index (χ2n) is 6.80. The molecule has 0 saturated carbocycles. The van der Waals surface area contributed by atoms with Gasteiger partial charge in [0.15, 0.2) is 9.84 Å². The van der Waals surface area contributed by atoms with Crippen LogP contribution in [0.25, 0.3) is 0 Å². The smallest absolute Gasteiger partial charge is 0.221 e. The minimum Gasteiger partial charge on any atom is -0.491 e. The van der Waals surface area contributed by atoms with Gasteiger partial charge in [-0.25, -0.2) is 8.42 Å². The Bertz CT molecular complexity index is 858. The van der Waals surface area contributed by atoms with Gasteiger partial charge in [0.2, 0.25) is 5.91 Å². The van der Waals surface area contributed by atoms with Gasteiger partial charge in [0, 0.05) is 13.0 Å². The molecule has 1 N–H and O–H groups in total. The maximum absolute atomic E-state index is 12.4. The maximum Gasteiger partial charge on any atom is 0.221 e. The van der Waals surface area contributed by atoms with Crippen LogP contribution in [0.4, 0.5) is 0 Å². The van der Waals surface area contributed by atoms with Crippen molar-refractivity contribution < 1.29 is 17.9 Å². The standard InChI is InChI=1S/C21H27NO4S/c1-16(2)26-19-7-9-20(10-8-19)27(24,25)14-12-21(23)22-13-11-18-6-4-5-17(3)15-18/h4-10,15-16H,11-14H2,1-3H3,(H,22,23). The maximum atomic E-state index is 12.4. The van der Waals surface area contributed by atoms with Crippen LogP contribution in [-0.4, -0.2) is 32.7 Å². The van der Waals surface area contributed by atoms with Crippen molar-refractivity contribution in [2.75, 3.05) is 12.3 Å². The van der Waals surface area contributed by atoms with Crippen molar-refractivity contribution in [3.63, 3.8) is 0 Å². The molecule has 0 fully saturated rings. The summed E-state index contributed by atoms with van der Waals surface area (Å²) in [5.41, 5.74) is 2.32. The number of rotatable bonds is 9. The minimum atomic E-state index is -3.50. The van der Waals surface area contributed by atoms with E-state index in [9.17, 15) is 13.2 Å². The number of ether oxygens (including phenoxy) is 1. The molecule has 0 radical (unpaired) electrons. The van der Waals surface area contributed by atoms with Crippen molar-refractivity contribution in [3.8, 4) is 5.75 Å². The Morgan fingerprint density at radius 3 is 2.44 bits per heavy atom. The minimum absolute atomic E-state index is 0.0240. The van der Waals surface area contributed by atoms with Gasteiger partial charge in [0.05, 0.1) is 16.8 Å². The summed E-state index contributed by atoms with van der Waals surface area (Å²) in [6.07, 6.45) is 0.689. The molecule has 0 spiro atoms. The van der Waals surface area contributed by atoms with Crippen molar-refractivity contribution in [2.45, 2.75) is 44.6 Å². The van der Waals surface area contributed by atoms with Crippen LogP contribution < -0.4 is 10.1 Å². The van der Waals surface area contributed by atoms with Gasteiger partial charge in [-0.05, 0) is 57.0 Å². The molecule has 0 aliphatic carbocycles. The van der Waals surface area contributed by atoms with Gasteiger partial charge in [-0.2, -0.15) is 0 Å². The third-order valence-electron chi connectivity index (χ3n) is 3.97. The van der Waals surface area contributed by atoms with Crippen molar-refractivity contribution >= 4 is 15.7 Å². The lowest BCUT2D eigenvalue weighted by molar-refractivity contribution is -0.120. The molecule has 0 aliphatic rings. The highest BCUT2D eigenvalue weighted by molar-refractivity contribution is 7.91. The SMILES string of the molecule is Cc1cccc(CCNC(=O)CCS(=O)(=O)c2ccc(OC(C)C)cc2)c1. The largest absolute Gasteiger partial charge is 0.491 e. The lowest BCUT2D eigenvalue weighted by atomic mass is 10.1. The van der Waals surface area contributed by atoms with E-state index < -0.39 is 9.84 Å². The zero-order valence-electron chi connectivity index (χ0n) is 16.1. The summed E-state index contributed by atoms with van der Waals surface area (Å²) in [5.74, 6) is 0.150. The second kappa shape index (κ2) is 9.55. The lowest BCUT2D eigenvalue weighted by Gasteiger charge is -2.10. The van der Waals surface area contributed by atoms with Gasteiger partial charge in [0.25, 0.3) is 0 Å². The predicted molar refractivity (Wildman–Crippen MR) is 107 cm³/mol. The third-order valence-corrected chi connectivity index (χ3v) is 5.70. The number of amides is 1. The molecule has 0 aromatic heterocycles. The van der Waals surface area contributed by atoms with Gasteiger partial charge in [0.1, 0.15) is 5.75 Å². The monoisotopic (exact) mass is 389 g/mol. The van der Waals surface area contributed by atoms with Crippen LogP contribution in [0, 0.1) is 6.92 Å². The molecule has 5 nitrogen and oxygen atoms in total. The quantitative estimate of drug-likeness (QED) is 0.714. The van der Waals surface area contributed by atoms with Crippen LogP contribution in [-0.2, 0) is 21.1 Å². The van der Waals surface area contributed by atoms with Gasteiger partial charge >= 0.3 is 0 Å². The first kappa shape index (κ1) is 21.0. The molecule has 0 aliphatic heterocycles. The lowest BCUT2D eigenvalue weighted by Crippen LogP contribution is -2.27. The molecule has 2 aromatic carbocycles. The van der Waals surface area contributed by atoms with Crippen LogP contribution >= 0.6 is 0 Å². The van der Waals surface area contributed by atoms with Crippen LogP contribution in [0.5, 0.6) is 5.75 Å². The molecular weight excluding hydrogens is 362 g/mol. The Kier molecular flexibility index (Phi) is 7.42. The number of benzene rings is 2. The number of carbonyl (C=O) groups is 1. The molecular formula is C21H27NO4S. The molecule has 27 heavy (non-hydrogen) atoms. The van der Waals surface area contributed by atoms with Gasteiger partial charge in [-0.3, -0.25) is 4.79 Å². The molecule has 2 aromatic rings. The van der Waals surface area contributed by atoms with E-state index in [1.165, 1.54) is 17.7 Å². The zero-order chi connectivity index (χ0) is 19.9. The Hall–Kier alpha value is -2.34. The first-order valence-electron chi connectivity index (χ1n) is 9.08. The van der Waals surface area contributed by atoms with Crippen molar-refractivity contribution in [1.82, 2.24) is 5.32 Å². The normalized spacial score (nSPS) is 11.4. The number of carbonyl (C=O) groups excluding carboxylic acids is 1. The first-order valence-corrected chi connectivity index (χ1v) is 10.7. The van der Waals surface area contributed by atoms with E-state index in [1.807, 2.05) is 39.0 Å². The van der Waals surface area contributed by atoms with Crippen LogP contribution in [0.1, 0.15) is 31.4 Å². The molecule has 146 valence electrons. The number of hydrogen-bond donors (Lipinski definition) is 1. The molecule has 0 bridgehead atoms. The fraction of sp³-hybridized carbons (Fsp3) is 0.381. The average molecular weight is 390 g/mol. The summed E-state index contributed by atoms with van der Waals surface area (Å²) in [4.78, 5) is 12.2. The van der Waals surface area contributed by atoms with E-state index in [1.54, 1.807) is 12.1 Å². The highest BCUT2D eigenvalue weighted by atomic mass is 32.2. The molecule has 0 saturated heterocycles. The fourth-order valence-corrected chi connectivity index (χ4v) is 3.89. The number of hydrogen-bond acceptors (Lipinski definition) is 4. The molecule has 0 atom stereocenters. The van der Waals surface area contributed by atoms with E-state index in [0.717, 1.165) is 12.0 Å². The van der Waals surface area contributed by atoms with Crippen molar-refractivity contribution in [1.29, 1.82) is 0 Å². The number of sulfone groups is 1. The average Bonchev–Trinajstić information content (AvgIpc) is 2.60. The Morgan fingerprint density at radius 2 is 1.81 bits per heavy atom. The molecule has 0 heterocycles. The number of nitrogens with one attached hydrogen (secondary N) is 1. The van der Waals surface area contributed by atoms with E-state index in [4.69, 9.17) is 4.74 Å². The topological polar surface area (TPSA) is 72.5 Å². The summed E-state index contributed by atoms with van der Waals surface area (Å²) < 4.78 is 30.3. The summed E-state index contributed by atoms with van der Waals surface area (Å²) in [5, 5.41) is 2.78. The molecule has 6 heteroatoms. The second-order valence-corrected chi connectivity index (χ2v) is 8.91. The summed E-state index contributed by atoms with van der Waals surface area (Å²) >= 11 is 0.